The van der Waals surface area contributed by atoms with Crippen LogP contribution in [0, 0.1) is 11.6 Å². The Kier molecular flexibility index (Phi) is 4.29. The second-order valence-corrected chi connectivity index (χ2v) is 6.06. The van der Waals surface area contributed by atoms with E-state index >= 15 is 0 Å². The van der Waals surface area contributed by atoms with Gasteiger partial charge < -0.3 is 10.2 Å². The standard InChI is InChI=1S/C16H21F2N3O/c1-11(14-5-4-12(17)9-15(14)18)20-7-2-3-13(10-20)21-8-6-19-16(21)22/h4-5,9,11,13H,2-3,6-8,10H2,1H3,(H,19,22)/t11-,13+/m0/s1. The third-order valence-corrected chi connectivity index (χ3v) is 4.72. The number of benzene rings is 1. The molecule has 120 valence electrons. The van der Waals surface area contributed by atoms with Gasteiger partial charge in [0.05, 0.1) is 0 Å². The Balaban J connectivity index is 1.72. The highest BCUT2D eigenvalue weighted by molar-refractivity contribution is 5.76. The van der Waals surface area contributed by atoms with Crippen molar-refractivity contribution in [3.8, 4) is 0 Å². The quantitative estimate of drug-likeness (QED) is 0.931. The number of likely N-dealkylation sites (tertiary alicyclic amines) is 1. The molecule has 0 bridgehead atoms. The van der Waals surface area contributed by atoms with Gasteiger partial charge in [-0.25, -0.2) is 13.6 Å². The van der Waals surface area contributed by atoms with Gasteiger partial charge in [0.2, 0.25) is 0 Å². The summed E-state index contributed by atoms with van der Waals surface area (Å²) in [5.74, 6) is -1.06. The predicted molar refractivity (Wildman–Crippen MR) is 79.5 cm³/mol. The molecule has 0 aliphatic carbocycles. The normalized spacial score (nSPS) is 24.4. The summed E-state index contributed by atoms with van der Waals surface area (Å²) in [5.41, 5.74) is 0.507. The molecule has 22 heavy (non-hydrogen) atoms. The first-order valence-corrected chi connectivity index (χ1v) is 7.79. The number of halogens is 2. The lowest BCUT2D eigenvalue weighted by molar-refractivity contribution is 0.0988. The molecule has 0 aromatic heterocycles. The molecule has 6 heteroatoms. The van der Waals surface area contributed by atoms with Crippen LogP contribution in [0.25, 0.3) is 0 Å². The van der Waals surface area contributed by atoms with Crippen molar-refractivity contribution in [2.24, 2.45) is 0 Å². The van der Waals surface area contributed by atoms with Gasteiger partial charge in [0.15, 0.2) is 0 Å². The fourth-order valence-electron chi connectivity index (χ4n) is 3.46. The van der Waals surface area contributed by atoms with Crippen LogP contribution in [-0.2, 0) is 0 Å². The van der Waals surface area contributed by atoms with E-state index in [0.717, 1.165) is 38.5 Å². The second-order valence-electron chi connectivity index (χ2n) is 6.06. The van der Waals surface area contributed by atoms with E-state index < -0.39 is 11.6 Å². The van der Waals surface area contributed by atoms with Crippen LogP contribution >= 0.6 is 0 Å². The van der Waals surface area contributed by atoms with Crippen molar-refractivity contribution in [3.63, 3.8) is 0 Å². The van der Waals surface area contributed by atoms with Crippen LogP contribution in [0.15, 0.2) is 18.2 Å². The van der Waals surface area contributed by atoms with Gasteiger partial charge in [-0.05, 0) is 32.4 Å². The molecule has 2 heterocycles. The minimum atomic E-state index is -0.557. The molecule has 0 radical (unpaired) electrons. The summed E-state index contributed by atoms with van der Waals surface area (Å²) < 4.78 is 27.0. The monoisotopic (exact) mass is 309 g/mol. The molecular formula is C16H21F2N3O. The molecule has 3 rings (SSSR count). The molecular weight excluding hydrogens is 288 g/mol. The van der Waals surface area contributed by atoms with Crippen LogP contribution in [-0.4, -0.2) is 48.1 Å². The summed E-state index contributed by atoms with van der Waals surface area (Å²) >= 11 is 0. The number of carbonyl (C=O) groups is 1. The molecule has 1 N–H and O–H groups in total. The molecule has 2 saturated heterocycles. The minimum Gasteiger partial charge on any atom is -0.336 e. The van der Waals surface area contributed by atoms with Gasteiger partial charge in [-0.15, -0.1) is 0 Å². The molecule has 4 nitrogen and oxygen atoms in total. The highest BCUT2D eigenvalue weighted by atomic mass is 19.1. The van der Waals surface area contributed by atoms with E-state index in [1.165, 1.54) is 12.1 Å². The van der Waals surface area contributed by atoms with Gasteiger partial charge in [0, 0.05) is 43.3 Å². The van der Waals surface area contributed by atoms with Crippen LogP contribution < -0.4 is 5.32 Å². The van der Waals surface area contributed by atoms with E-state index in [4.69, 9.17) is 0 Å². The molecule has 2 aliphatic heterocycles. The van der Waals surface area contributed by atoms with Gasteiger partial charge in [-0.2, -0.15) is 0 Å². The van der Waals surface area contributed by atoms with Crippen LogP contribution in [0.1, 0.15) is 31.4 Å². The van der Waals surface area contributed by atoms with E-state index in [-0.39, 0.29) is 18.1 Å². The topological polar surface area (TPSA) is 35.6 Å². The van der Waals surface area contributed by atoms with E-state index in [1.807, 2.05) is 11.8 Å². The first-order valence-electron chi connectivity index (χ1n) is 7.79. The summed E-state index contributed by atoms with van der Waals surface area (Å²) in [6, 6.07) is 3.77. The number of carbonyl (C=O) groups excluding carboxylic acids is 1. The molecule has 2 aliphatic rings. The molecule has 0 saturated carbocycles. The number of urea groups is 1. The second kappa shape index (κ2) is 6.20. The van der Waals surface area contributed by atoms with Crippen molar-refractivity contribution in [2.75, 3.05) is 26.2 Å². The summed E-state index contributed by atoms with van der Waals surface area (Å²) in [4.78, 5) is 15.9. The SMILES string of the molecule is C[C@@H](c1ccc(F)cc1F)N1CCC[C@@H](N2CCNC2=O)C1. The molecule has 2 fully saturated rings. The summed E-state index contributed by atoms with van der Waals surface area (Å²) in [7, 11) is 0. The zero-order chi connectivity index (χ0) is 15.7. The van der Waals surface area contributed by atoms with Crippen LogP contribution in [0.2, 0.25) is 0 Å². The Morgan fingerprint density at radius 2 is 2.14 bits per heavy atom. The Morgan fingerprint density at radius 3 is 2.82 bits per heavy atom. The largest absolute Gasteiger partial charge is 0.336 e. The number of hydrogen-bond acceptors (Lipinski definition) is 2. The Bertz CT molecular complexity index is 566. The van der Waals surface area contributed by atoms with E-state index in [1.54, 1.807) is 0 Å². The van der Waals surface area contributed by atoms with Gasteiger partial charge in [-0.3, -0.25) is 4.90 Å². The summed E-state index contributed by atoms with van der Waals surface area (Å²) in [5, 5.41) is 2.82. The highest BCUT2D eigenvalue weighted by Crippen LogP contribution is 2.28. The molecule has 0 unspecified atom stereocenters. The number of nitrogens with one attached hydrogen (secondary N) is 1. The van der Waals surface area contributed by atoms with Crippen LogP contribution in [0.5, 0.6) is 0 Å². The molecule has 1 aromatic carbocycles. The first-order chi connectivity index (χ1) is 10.6. The van der Waals surface area contributed by atoms with Crippen LogP contribution in [0.4, 0.5) is 13.6 Å². The Morgan fingerprint density at radius 1 is 1.32 bits per heavy atom. The van der Waals surface area contributed by atoms with Crippen molar-refractivity contribution in [2.45, 2.75) is 31.8 Å². The maximum Gasteiger partial charge on any atom is 0.317 e. The molecule has 2 atom stereocenters. The fourth-order valence-corrected chi connectivity index (χ4v) is 3.46. The molecule has 2 amide bonds. The van der Waals surface area contributed by atoms with Crippen molar-refractivity contribution in [1.82, 2.24) is 15.1 Å². The number of piperidine rings is 1. The van der Waals surface area contributed by atoms with Crippen molar-refractivity contribution >= 4 is 6.03 Å². The summed E-state index contributed by atoms with van der Waals surface area (Å²) in [6.45, 7) is 4.95. The average molecular weight is 309 g/mol. The molecule has 1 aromatic rings. The van der Waals surface area contributed by atoms with E-state index in [2.05, 4.69) is 10.2 Å². The van der Waals surface area contributed by atoms with Gasteiger partial charge in [0.1, 0.15) is 11.6 Å². The van der Waals surface area contributed by atoms with E-state index in [9.17, 15) is 13.6 Å². The van der Waals surface area contributed by atoms with Crippen molar-refractivity contribution in [1.29, 1.82) is 0 Å². The Labute approximate surface area is 129 Å². The third-order valence-electron chi connectivity index (χ3n) is 4.72. The lowest BCUT2D eigenvalue weighted by atomic mass is 9.99. The first kappa shape index (κ1) is 15.2. The number of hydrogen-bond donors (Lipinski definition) is 1. The Hall–Kier alpha value is -1.69. The fraction of sp³-hybridized carbons (Fsp3) is 0.562. The smallest absolute Gasteiger partial charge is 0.317 e. The summed E-state index contributed by atoms with van der Waals surface area (Å²) in [6.07, 6.45) is 1.95. The van der Waals surface area contributed by atoms with Crippen LogP contribution in [0.3, 0.4) is 0 Å². The number of rotatable bonds is 3. The number of nitrogens with zero attached hydrogens (tertiary/aromatic N) is 2. The van der Waals surface area contributed by atoms with Gasteiger partial charge in [0.25, 0.3) is 0 Å². The zero-order valence-electron chi connectivity index (χ0n) is 12.7. The molecule has 0 spiro atoms. The third kappa shape index (κ3) is 2.92. The highest BCUT2D eigenvalue weighted by Gasteiger charge is 2.33. The van der Waals surface area contributed by atoms with Crippen molar-refractivity contribution < 1.29 is 13.6 Å². The van der Waals surface area contributed by atoms with Gasteiger partial charge >= 0.3 is 6.03 Å². The maximum atomic E-state index is 14.0. The average Bonchev–Trinajstić information content (AvgIpc) is 2.93. The van der Waals surface area contributed by atoms with Crippen molar-refractivity contribution in [3.05, 3.63) is 35.4 Å². The van der Waals surface area contributed by atoms with Gasteiger partial charge in [-0.1, -0.05) is 6.07 Å². The number of amides is 2. The zero-order valence-corrected chi connectivity index (χ0v) is 12.7. The lowest BCUT2D eigenvalue weighted by Crippen LogP contribution is -2.49. The minimum absolute atomic E-state index is 0.00698. The lowest BCUT2D eigenvalue weighted by Gasteiger charge is -2.40. The maximum absolute atomic E-state index is 14.0. The van der Waals surface area contributed by atoms with E-state index in [0.29, 0.717) is 12.1 Å². The predicted octanol–water partition coefficient (Wildman–Crippen LogP) is 2.52.